The summed E-state index contributed by atoms with van der Waals surface area (Å²) in [6.45, 7) is 16.2. The molecule has 0 aliphatic heterocycles. The number of aliphatic hydroxyl groups excluding tert-OH is 1. The molecule has 0 saturated heterocycles. The van der Waals surface area contributed by atoms with Crippen LogP contribution in [0.4, 0.5) is 0 Å². The van der Waals surface area contributed by atoms with E-state index >= 15 is 0 Å². The lowest BCUT2D eigenvalue weighted by Crippen LogP contribution is -2.55. The second-order valence-corrected chi connectivity index (χ2v) is 16.2. The molecule has 3 nitrogen and oxygen atoms in total. The van der Waals surface area contributed by atoms with Crippen LogP contribution in [0.3, 0.4) is 0 Å². The van der Waals surface area contributed by atoms with E-state index in [0.717, 1.165) is 19.3 Å². The molecular formula is C22H40O3Si. The van der Waals surface area contributed by atoms with E-state index in [1.54, 1.807) is 0 Å². The number of aliphatic hydroxyl groups is 1. The number of rotatable bonds is 3. The van der Waals surface area contributed by atoms with Crippen molar-refractivity contribution >= 4 is 14.1 Å². The molecule has 0 radical (unpaired) electrons. The number of Topliss-reactive ketones (excluding diaryl/α,β-unsaturated/α-hetero) is 1. The molecule has 3 fully saturated rings. The van der Waals surface area contributed by atoms with Crippen molar-refractivity contribution in [1.29, 1.82) is 0 Å². The van der Waals surface area contributed by atoms with Gasteiger partial charge in [-0.3, -0.25) is 4.79 Å². The third kappa shape index (κ3) is 2.95. The van der Waals surface area contributed by atoms with E-state index in [2.05, 4.69) is 40.8 Å². The van der Waals surface area contributed by atoms with Gasteiger partial charge in [-0.15, -0.1) is 0 Å². The Morgan fingerprint density at radius 3 is 2.35 bits per heavy atom. The number of carbonyl (C=O) groups excluding carboxylic acids is 1. The van der Waals surface area contributed by atoms with Gasteiger partial charge in [-0.1, -0.05) is 34.6 Å². The standard InChI is InChI=1S/C22H40O3Si/c1-20(2,3)26(6,7)25-19-11-9-16-15-8-10-18(24)22(5,14-23)17(15)12-13-21(16,19)4/h15-17,19,23H,8-14H2,1-7H3/t15-,16+,17-,19-,21-,22+/m0/s1. The van der Waals surface area contributed by atoms with Gasteiger partial charge in [0.15, 0.2) is 8.32 Å². The fraction of sp³-hybridized carbons (Fsp3) is 0.955. The molecule has 3 aliphatic carbocycles. The van der Waals surface area contributed by atoms with E-state index in [-0.39, 0.29) is 22.8 Å². The highest BCUT2D eigenvalue weighted by molar-refractivity contribution is 6.74. The zero-order valence-corrected chi connectivity index (χ0v) is 19.0. The Morgan fingerprint density at radius 2 is 1.77 bits per heavy atom. The van der Waals surface area contributed by atoms with Gasteiger partial charge in [-0.05, 0) is 73.4 Å². The average Bonchev–Trinajstić information content (AvgIpc) is 2.86. The molecule has 0 amide bonds. The van der Waals surface area contributed by atoms with Crippen molar-refractivity contribution in [2.24, 2.45) is 28.6 Å². The number of fused-ring (bicyclic) bond motifs is 3. The number of ketones is 1. The van der Waals surface area contributed by atoms with Crippen molar-refractivity contribution in [3.8, 4) is 0 Å². The third-order valence-electron chi connectivity index (χ3n) is 9.08. The maximum atomic E-state index is 12.6. The quantitative estimate of drug-likeness (QED) is 0.686. The first-order valence-corrected chi connectivity index (χ1v) is 13.6. The maximum absolute atomic E-state index is 12.6. The molecule has 0 unspecified atom stereocenters. The summed E-state index contributed by atoms with van der Waals surface area (Å²) in [6, 6.07) is 0. The summed E-state index contributed by atoms with van der Waals surface area (Å²) in [6.07, 6.45) is 6.64. The lowest BCUT2D eigenvalue weighted by molar-refractivity contribution is -0.150. The van der Waals surface area contributed by atoms with Gasteiger partial charge in [0.25, 0.3) is 0 Å². The Bertz CT molecular complexity index is 566. The average molecular weight is 381 g/mol. The molecule has 3 aliphatic rings. The van der Waals surface area contributed by atoms with E-state index < -0.39 is 13.7 Å². The molecule has 0 bridgehead atoms. The molecule has 0 heterocycles. The molecule has 0 aromatic heterocycles. The topological polar surface area (TPSA) is 46.5 Å². The summed E-state index contributed by atoms with van der Waals surface area (Å²) in [4.78, 5) is 12.6. The van der Waals surface area contributed by atoms with Crippen LogP contribution in [-0.2, 0) is 9.22 Å². The van der Waals surface area contributed by atoms with E-state index in [1.165, 1.54) is 12.8 Å². The number of hydrogen-bond acceptors (Lipinski definition) is 3. The van der Waals surface area contributed by atoms with Gasteiger partial charge < -0.3 is 9.53 Å². The first-order chi connectivity index (χ1) is 11.9. The highest BCUT2D eigenvalue weighted by Crippen LogP contribution is 2.63. The van der Waals surface area contributed by atoms with E-state index in [0.29, 0.717) is 30.3 Å². The molecule has 3 rings (SSSR count). The van der Waals surface area contributed by atoms with Gasteiger partial charge in [-0.2, -0.15) is 0 Å². The molecule has 6 atom stereocenters. The summed E-state index contributed by atoms with van der Waals surface area (Å²) in [5.74, 6) is 1.88. The van der Waals surface area contributed by atoms with Crippen LogP contribution in [0.1, 0.15) is 73.1 Å². The van der Waals surface area contributed by atoms with Crippen molar-refractivity contribution in [2.75, 3.05) is 6.61 Å². The molecular weight excluding hydrogens is 340 g/mol. The Labute approximate surface area is 161 Å². The molecule has 4 heteroatoms. The summed E-state index contributed by atoms with van der Waals surface area (Å²) < 4.78 is 6.94. The maximum Gasteiger partial charge on any atom is 0.192 e. The predicted molar refractivity (Wildman–Crippen MR) is 109 cm³/mol. The third-order valence-corrected chi connectivity index (χ3v) is 13.6. The molecule has 0 aromatic carbocycles. The van der Waals surface area contributed by atoms with Gasteiger partial charge in [0.2, 0.25) is 0 Å². The fourth-order valence-electron chi connectivity index (χ4n) is 6.15. The van der Waals surface area contributed by atoms with Crippen LogP contribution in [0.5, 0.6) is 0 Å². The second kappa shape index (κ2) is 6.42. The van der Waals surface area contributed by atoms with Crippen LogP contribution in [0.15, 0.2) is 0 Å². The number of carbonyl (C=O) groups is 1. The molecule has 26 heavy (non-hydrogen) atoms. The largest absolute Gasteiger partial charge is 0.413 e. The molecule has 1 N–H and O–H groups in total. The van der Waals surface area contributed by atoms with E-state index in [1.807, 2.05) is 6.92 Å². The van der Waals surface area contributed by atoms with Gasteiger partial charge in [0.05, 0.1) is 18.1 Å². The van der Waals surface area contributed by atoms with E-state index in [9.17, 15) is 9.90 Å². The Kier molecular flexibility index (Phi) is 5.07. The lowest BCUT2D eigenvalue weighted by atomic mass is 9.50. The Balaban J connectivity index is 1.83. The highest BCUT2D eigenvalue weighted by Gasteiger charge is 2.60. The van der Waals surface area contributed by atoms with Crippen LogP contribution < -0.4 is 0 Å². The first kappa shape index (κ1) is 20.5. The zero-order chi connectivity index (χ0) is 19.5. The SMILES string of the molecule is CC(C)(C)[Si](C)(C)O[C@H]1CC[C@@H]2[C@@H]3CCC(=O)[C@](C)(CO)[C@H]3CC[C@]12C. The van der Waals surface area contributed by atoms with Gasteiger partial charge >= 0.3 is 0 Å². The lowest BCUT2D eigenvalue weighted by Gasteiger charge is -2.56. The predicted octanol–water partition coefficient (Wildman–Crippen LogP) is 5.18. The minimum Gasteiger partial charge on any atom is -0.413 e. The van der Waals surface area contributed by atoms with Crippen LogP contribution in [0, 0.1) is 28.6 Å². The molecule has 150 valence electrons. The van der Waals surface area contributed by atoms with Gasteiger partial charge in [0.1, 0.15) is 5.78 Å². The van der Waals surface area contributed by atoms with Crippen LogP contribution in [0.25, 0.3) is 0 Å². The summed E-state index contributed by atoms with van der Waals surface area (Å²) in [7, 11) is -1.78. The normalized spacial score (nSPS) is 43.9. The number of hydrogen-bond donors (Lipinski definition) is 1. The Hall–Kier alpha value is -0.193. The van der Waals surface area contributed by atoms with Crippen LogP contribution in [0.2, 0.25) is 18.1 Å². The summed E-state index contributed by atoms with van der Waals surface area (Å²) >= 11 is 0. The molecule has 0 spiro atoms. The smallest absolute Gasteiger partial charge is 0.192 e. The fourth-order valence-corrected chi connectivity index (χ4v) is 7.61. The van der Waals surface area contributed by atoms with Gasteiger partial charge in [-0.25, -0.2) is 0 Å². The summed E-state index contributed by atoms with van der Waals surface area (Å²) in [5, 5.41) is 10.3. The van der Waals surface area contributed by atoms with Gasteiger partial charge in [0, 0.05) is 6.42 Å². The van der Waals surface area contributed by atoms with Crippen molar-refractivity contribution < 1.29 is 14.3 Å². The second-order valence-electron chi connectivity index (χ2n) is 11.4. The summed E-state index contributed by atoms with van der Waals surface area (Å²) in [5.41, 5.74) is -0.268. The van der Waals surface area contributed by atoms with Crippen molar-refractivity contribution in [3.05, 3.63) is 0 Å². The Morgan fingerprint density at radius 1 is 1.12 bits per heavy atom. The first-order valence-electron chi connectivity index (χ1n) is 10.7. The van der Waals surface area contributed by atoms with Crippen LogP contribution >= 0.6 is 0 Å². The van der Waals surface area contributed by atoms with Crippen molar-refractivity contribution in [2.45, 2.75) is 97.4 Å². The van der Waals surface area contributed by atoms with Crippen molar-refractivity contribution in [1.82, 2.24) is 0 Å². The monoisotopic (exact) mass is 380 g/mol. The molecule has 0 aromatic rings. The molecule has 3 saturated carbocycles. The van der Waals surface area contributed by atoms with Crippen LogP contribution in [-0.4, -0.2) is 31.9 Å². The highest BCUT2D eigenvalue weighted by atomic mass is 28.4. The minimum absolute atomic E-state index is 0.0142. The zero-order valence-electron chi connectivity index (χ0n) is 18.0. The van der Waals surface area contributed by atoms with E-state index in [4.69, 9.17) is 4.43 Å². The van der Waals surface area contributed by atoms with Crippen molar-refractivity contribution in [3.63, 3.8) is 0 Å². The minimum atomic E-state index is -1.78.